The Kier molecular flexibility index (Phi) is 5.15. The average Bonchev–Trinajstić information content (AvgIpc) is 2.36. The van der Waals surface area contributed by atoms with Gasteiger partial charge in [0.1, 0.15) is 0 Å². The lowest BCUT2D eigenvalue weighted by atomic mass is 9.81. The lowest BCUT2D eigenvalue weighted by molar-refractivity contribution is -0.183. The van der Waals surface area contributed by atoms with Crippen LogP contribution in [0.4, 0.5) is 13.2 Å². The highest BCUT2D eigenvalue weighted by Gasteiger charge is 2.42. The van der Waals surface area contributed by atoms with E-state index in [0.717, 1.165) is 18.9 Å². The molecule has 0 aromatic rings. The Morgan fingerprint density at radius 2 is 1.74 bits per heavy atom. The molecule has 0 heterocycles. The van der Waals surface area contributed by atoms with Gasteiger partial charge in [0.15, 0.2) is 0 Å². The first-order valence-electron chi connectivity index (χ1n) is 7.75. The predicted octanol–water partition coefficient (Wildman–Crippen LogP) is 4.52. The molecule has 2 fully saturated rings. The minimum Gasteiger partial charge on any atom is -0.314 e. The van der Waals surface area contributed by atoms with Gasteiger partial charge in [0.2, 0.25) is 0 Å². The van der Waals surface area contributed by atoms with Gasteiger partial charge in [0.25, 0.3) is 0 Å². The van der Waals surface area contributed by atoms with Crippen LogP contribution in [-0.4, -0.2) is 18.8 Å². The first-order valence-corrected chi connectivity index (χ1v) is 7.75. The van der Waals surface area contributed by atoms with Crippen molar-refractivity contribution in [3.8, 4) is 0 Å². The van der Waals surface area contributed by atoms with Gasteiger partial charge >= 0.3 is 6.18 Å². The molecule has 1 nitrogen and oxygen atoms in total. The van der Waals surface area contributed by atoms with E-state index in [1.165, 1.54) is 25.7 Å². The standard InChI is InChI=1S/C15H26F3N/c1-11-4-2-5-12(8-11)10-19-14-7-3-6-13(9-14)15(16,17)18/h11-14,19H,2-10H2,1H3. The van der Waals surface area contributed by atoms with Gasteiger partial charge in [-0.3, -0.25) is 0 Å². The molecule has 2 aliphatic rings. The Balaban J connectivity index is 1.73. The molecule has 0 saturated heterocycles. The van der Waals surface area contributed by atoms with Crippen molar-refractivity contribution in [3.05, 3.63) is 0 Å². The first kappa shape index (κ1) is 15.1. The van der Waals surface area contributed by atoms with Crippen LogP contribution in [0, 0.1) is 17.8 Å². The molecule has 2 saturated carbocycles. The molecule has 0 aliphatic heterocycles. The third-order valence-electron chi connectivity index (χ3n) is 4.88. The van der Waals surface area contributed by atoms with E-state index in [1.54, 1.807) is 0 Å². The lowest BCUT2D eigenvalue weighted by Gasteiger charge is -2.33. The highest BCUT2D eigenvalue weighted by molar-refractivity contribution is 4.83. The summed E-state index contributed by atoms with van der Waals surface area (Å²) in [5.41, 5.74) is 0. The summed E-state index contributed by atoms with van der Waals surface area (Å²) in [6.45, 7) is 3.20. The summed E-state index contributed by atoms with van der Waals surface area (Å²) in [5, 5.41) is 3.41. The fraction of sp³-hybridized carbons (Fsp3) is 1.00. The van der Waals surface area contributed by atoms with Crippen LogP contribution in [0.25, 0.3) is 0 Å². The second-order valence-electron chi connectivity index (χ2n) is 6.65. The van der Waals surface area contributed by atoms with Gasteiger partial charge in [-0.25, -0.2) is 0 Å². The van der Waals surface area contributed by atoms with E-state index in [4.69, 9.17) is 0 Å². The van der Waals surface area contributed by atoms with Crippen LogP contribution in [0.3, 0.4) is 0 Å². The minimum absolute atomic E-state index is 0.0811. The molecule has 1 N–H and O–H groups in total. The van der Waals surface area contributed by atoms with E-state index >= 15 is 0 Å². The molecule has 4 unspecified atom stereocenters. The largest absolute Gasteiger partial charge is 0.391 e. The van der Waals surface area contributed by atoms with Gasteiger partial charge in [-0.2, -0.15) is 13.2 Å². The van der Waals surface area contributed by atoms with Crippen molar-refractivity contribution in [1.82, 2.24) is 5.32 Å². The molecule has 2 rings (SSSR count). The zero-order valence-electron chi connectivity index (χ0n) is 11.8. The maximum atomic E-state index is 12.7. The van der Waals surface area contributed by atoms with Crippen LogP contribution in [0.5, 0.6) is 0 Å². The number of alkyl halides is 3. The normalized spacial score (nSPS) is 37.3. The molecule has 0 radical (unpaired) electrons. The average molecular weight is 277 g/mol. The van der Waals surface area contributed by atoms with Crippen LogP contribution >= 0.6 is 0 Å². The molecule has 112 valence electrons. The summed E-state index contributed by atoms with van der Waals surface area (Å²) >= 11 is 0. The van der Waals surface area contributed by atoms with E-state index in [1.807, 2.05) is 0 Å². The SMILES string of the molecule is CC1CCCC(CNC2CCCC(C(F)(F)F)C2)C1. The number of rotatable bonds is 3. The molecule has 0 spiro atoms. The Hall–Kier alpha value is -0.250. The van der Waals surface area contributed by atoms with Gasteiger partial charge < -0.3 is 5.32 Å². The fourth-order valence-corrected chi connectivity index (χ4v) is 3.75. The van der Waals surface area contributed by atoms with E-state index < -0.39 is 12.1 Å². The third kappa shape index (κ3) is 4.66. The van der Waals surface area contributed by atoms with Gasteiger partial charge in [-0.1, -0.05) is 26.2 Å². The Morgan fingerprint density at radius 1 is 1.00 bits per heavy atom. The van der Waals surface area contributed by atoms with Crippen molar-refractivity contribution in [2.75, 3.05) is 6.54 Å². The molecular formula is C15H26F3N. The third-order valence-corrected chi connectivity index (χ3v) is 4.88. The predicted molar refractivity (Wildman–Crippen MR) is 70.9 cm³/mol. The zero-order chi connectivity index (χ0) is 13.9. The molecule has 0 bridgehead atoms. The summed E-state index contributed by atoms with van der Waals surface area (Å²) in [6.07, 6.45) is 3.31. The molecule has 4 heteroatoms. The quantitative estimate of drug-likeness (QED) is 0.799. The maximum absolute atomic E-state index is 12.7. The van der Waals surface area contributed by atoms with Crippen molar-refractivity contribution in [2.45, 2.75) is 70.5 Å². The van der Waals surface area contributed by atoms with E-state index in [-0.39, 0.29) is 12.5 Å². The highest BCUT2D eigenvalue weighted by atomic mass is 19.4. The number of hydrogen-bond donors (Lipinski definition) is 1. The van der Waals surface area contributed by atoms with E-state index in [2.05, 4.69) is 12.2 Å². The maximum Gasteiger partial charge on any atom is 0.391 e. The topological polar surface area (TPSA) is 12.0 Å². The first-order chi connectivity index (χ1) is 8.95. The molecule has 2 aliphatic carbocycles. The molecule has 0 aromatic carbocycles. The van der Waals surface area contributed by atoms with Crippen molar-refractivity contribution in [3.63, 3.8) is 0 Å². The Labute approximate surface area is 114 Å². The fourth-order valence-electron chi connectivity index (χ4n) is 3.75. The molecule has 0 aromatic heterocycles. The van der Waals surface area contributed by atoms with Crippen molar-refractivity contribution in [1.29, 1.82) is 0 Å². The van der Waals surface area contributed by atoms with Gasteiger partial charge in [-0.15, -0.1) is 0 Å². The molecule has 0 amide bonds. The van der Waals surface area contributed by atoms with Gasteiger partial charge in [0.05, 0.1) is 5.92 Å². The molecule has 19 heavy (non-hydrogen) atoms. The number of halogens is 3. The van der Waals surface area contributed by atoms with Crippen LogP contribution < -0.4 is 5.32 Å². The number of hydrogen-bond acceptors (Lipinski definition) is 1. The van der Waals surface area contributed by atoms with E-state index in [0.29, 0.717) is 18.8 Å². The van der Waals surface area contributed by atoms with Crippen LogP contribution in [-0.2, 0) is 0 Å². The smallest absolute Gasteiger partial charge is 0.314 e. The van der Waals surface area contributed by atoms with Crippen molar-refractivity contribution >= 4 is 0 Å². The van der Waals surface area contributed by atoms with Crippen molar-refractivity contribution in [2.24, 2.45) is 17.8 Å². The zero-order valence-corrected chi connectivity index (χ0v) is 11.8. The second-order valence-corrected chi connectivity index (χ2v) is 6.65. The molecule has 4 atom stereocenters. The summed E-state index contributed by atoms with van der Waals surface area (Å²) in [6, 6.07) is 0.0811. The minimum atomic E-state index is -4.00. The second kappa shape index (κ2) is 6.47. The summed E-state index contributed by atoms with van der Waals surface area (Å²) in [5.74, 6) is 0.383. The van der Waals surface area contributed by atoms with Crippen LogP contribution in [0.2, 0.25) is 0 Å². The Morgan fingerprint density at radius 3 is 2.42 bits per heavy atom. The van der Waals surface area contributed by atoms with Crippen molar-refractivity contribution < 1.29 is 13.2 Å². The van der Waals surface area contributed by atoms with Gasteiger partial charge in [0, 0.05) is 6.04 Å². The van der Waals surface area contributed by atoms with Gasteiger partial charge in [-0.05, 0) is 50.5 Å². The summed E-state index contributed by atoms with van der Waals surface area (Å²) in [7, 11) is 0. The number of nitrogens with one attached hydrogen (secondary N) is 1. The van der Waals surface area contributed by atoms with E-state index in [9.17, 15) is 13.2 Å². The highest BCUT2D eigenvalue weighted by Crippen LogP contribution is 2.37. The van der Waals surface area contributed by atoms with Crippen LogP contribution in [0.15, 0.2) is 0 Å². The summed E-state index contributed by atoms with van der Waals surface area (Å²) in [4.78, 5) is 0. The summed E-state index contributed by atoms with van der Waals surface area (Å²) < 4.78 is 38.2. The molecular weight excluding hydrogens is 251 g/mol. The monoisotopic (exact) mass is 277 g/mol. The Bertz CT molecular complexity index is 277. The van der Waals surface area contributed by atoms with Crippen LogP contribution in [0.1, 0.15) is 58.3 Å². The lowest BCUT2D eigenvalue weighted by Crippen LogP contribution is -2.41.